The van der Waals surface area contributed by atoms with E-state index in [1.165, 1.54) is 13.2 Å². The molecule has 1 heterocycles. The van der Waals surface area contributed by atoms with Gasteiger partial charge in [-0.3, -0.25) is 0 Å². The first-order valence-electron chi connectivity index (χ1n) is 10.4. The maximum atomic E-state index is 12.8. The summed E-state index contributed by atoms with van der Waals surface area (Å²) in [7, 11) is 1.47. The molecule has 168 valence electrons. The number of esters is 2. The summed E-state index contributed by atoms with van der Waals surface area (Å²) in [6, 6.07) is 19.6. The number of fused-ring (bicyclic) bond motifs is 1. The van der Waals surface area contributed by atoms with Gasteiger partial charge in [0, 0.05) is 21.8 Å². The van der Waals surface area contributed by atoms with Crippen molar-refractivity contribution in [2.24, 2.45) is 0 Å². The first-order valence-corrected chi connectivity index (χ1v) is 10.8. The molecule has 0 radical (unpaired) electrons. The SMILES string of the molecule is CCOC(=O)c1c(C)n(-c2ccccc2)c2ccc(OC(=O)c3cc(Cl)ccc3OC)cc12. The van der Waals surface area contributed by atoms with Crippen molar-refractivity contribution in [2.75, 3.05) is 13.7 Å². The van der Waals surface area contributed by atoms with Crippen LogP contribution in [-0.4, -0.2) is 30.2 Å². The summed E-state index contributed by atoms with van der Waals surface area (Å²) in [4.78, 5) is 25.7. The topological polar surface area (TPSA) is 66.8 Å². The summed E-state index contributed by atoms with van der Waals surface area (Å²) in [5.41, 5.74) is 3.06. The molecule has 0 saturated heterocycles. The highest BCUT2D eigenvalue weighted by Crippen LogP contribution is 2.33. The highest BCUT2D eigenvalue weighted by atomic mass is 35.5. The summed E-state index contributed by atoms with van der Waals surface area (Å²) in [6.45, 7) is 3.87. The van der Waals surface area contributed by atoms with E-state index in [-0.39, 0.29) is 17.9 Å². The van der Waals surface area contributed by atoms with Crippen LogP contribution in [0, 0.1) is 6.92 Å². The van der Waals surface area contributed by atoms with E-state index in [9.17, 15) is 9.59 Å². The van der Waals surface area contributed by atoms with Crippen LogP contribution in [0.1, 0.15) is 33.3 Å². The minimum atomic E-state index is -0.620. The molecule has 0 unspecified atom stereocenters. The van der Waals surface area contributed by atoms with E-state index in [4.69, 9.17) is 25.8 Å². The zero-order chi connectivity index (χ0) is 23.5. The van der Waals surface area contributed by atoms with Gasteiger partial charge in [0.15, 0.2) is 0 Å². The van der Waals surface area contributed by atoms with Gasteiger partial charge in [-0.05, 0) is 62.4 Å². The molecule has 0 aliphatic carbocycles. The Bertz CT molecular complexity index is 1340. The van der Waals surface area contributed by atoms with Crippen LogP contribution >= 0.6 is 11.6 Å². The van der Waals surface area contributed by atoms with Gasteiger partial charge in [0.2, 0.25) is 0 Å². The lowest BCUT2D eigenvalue weighted by molar-refractivity contribution is 0.0527. The number of hydrogen-bond acceptors (Lipinski definition) is 5. The molecule has 3 aromatic carbocycles. The fourth-order valence-corrected chi connectivity index (χ4v) is 4.01. The molecule has 0 aliphatic rings. The monoisotopic (exact) mass is 463 g/mol. The molecule has 0 bridgehead atoms. The number of rotatable bonds is 6. The fraction of sp³-hybridized carbons (Fsp3) is 0.154. The molecule has 7 heteroatoms. The number of para-hydroxylation sites is 1. The summed E-state index contributed by atoms with van der Waals surface area (Å²) >= 11 is 6.05. The molecule has 33 heavy (non-hydrogen) atoms. The molecule has 0 atom stereocenters. The third kappa shape index (κ3) is 4.30. The Balaban J connectivity index is 1.81. The normalized spacial score (nSPS) is 10.8. The number of halogens is 1. The molecule has 0 aliphatic heterocycles. The summed E-state index contributed by atoms with van der Waals surface area (Å²) in [5.74, 6) is -0.422. The number of carbonyl (C=O) groups is 2. The maximum Gasteiger partial charge on any atom is 0.347 e. The second-order valence-electron chi connectivity index (χ2n) is 7.26. The van der Waals surface area contributed by atoms with Crippen molar-refractivity contribution >= 4 is 34.4 Å². The number of hydrogen-bond donors (Lipinski definition) is 0. The van der Waals surface area contributed by atoms with Gasteiger partial charge in [0.05, 0.1) is 24.8 Å². The third-order valence-corrected chi connectivity index (χ3v) is 5.50. The van der Waals surface area contributed by atoms with Crippen molar-refractivity contribution in [2.45, 2.75) is 13.8 Å². The second kappa shape index (κ2) is 9.38. The Morgan fingerprint density at radius 3 is 2.42 bits per heavy atom. The molecular weight excluding hydrogens is 442 g/mol. The zero-order valence-corrected chi connectivity index (χ0v) is 19.2. The summed E-state index contributed by atoms with van der Waals surface area (Å²) in [5, 5.41) is 1.01. The smallest absolute Gasteiger partial charge is 0.347 e. The fourth-order valence-electron chi connectivity index (χ4n) is 3.83. The van der Waals surface area contributed by atoms with Crippen molar-refractivity contribution in [3.8, 4) is 17.2 Å². The molecule has 1 aromatic heterocycles. The average Bonchev–Trinajstić information content (AvgIpc) is 3.10. The second-order valence-corrected chi connectivity index (χ2v) is 7.70. The summed E-state index contributed by atoms with van der Waals surface area (Å²) < 4.78 is 18.2. The number of aromatic nitrogens is 1. The van der Waals surface area contributed by atoms with Gasteiger partial charge in [0.25, 0.3) is 0 Å². The van der Waals surface area contributed by atoms with Crippen molar-refractivity contribution < 1.29 is 23.8 Å². The highest BCUT2D eigenvalue weighted by Gasteiger charge is 2.23. The largest absolute Gasteiger partial charge is 0.496 e. The van der Waals surface area contributed by atoms with Gasteiger partial charge < -0.3 is 18.8 Å². The van der Waals surface area contributed by atoms with Crippen molar-refractivity contribution in [1.82, 2.24) is 4.57 Å². The Morgan fingerprint density at radius 1 is 0.970 bits per heavy atom. The molecule has 6 nitrogen and oxygen atoms in total. The molecular formula is C26H22ClNO5. The van der Waals surface area contributed by atoms with E-state index in [1.54, 1.807) is 31.2 Å². The standard InChI is InChI=1S/C26H22ClNO5/c1-4-32-26(30)24-16(2)28(18-8-6-5-7-9-18)22-12-11-19(15-20(22)24)33-25(29)21-14-17(27)10-13-23(21)31-3/h5-15H,4H2,1-3H3. The summed E-state index contributed by atoms with van der Waals surface area (Å²) in [6.07, 6.45) is 0. The van der Waals surface area contributed by atoms with E-state index >= 15 is 0 Å². The van der Waals surface area contributed by atoms with Crippen molar-refractivity contribution in [3.05, 3.63) is 88.6 Å². The number of carbonyl (C=O) groups excluding carboxylic acids is 2. The Labute approximate surface area is 196 Å². The predicted octanol–water partition coefficient (Wildman–Crippen LogP) is 6.00. The molecule has 4 aromatic rings. The van der Waals surface area contributed by atoms with E-state index in [0.717, 1.165) is 16.9 Å². The maximum absolute atomic E-state index is 12.8. The van der Waals surface area contributed by atoms with Gasteiger partial charge >= 0.3 is 11.9 Å². The Morgan fingerprint density at radius 2 is 1.73 bits per heavy atom. The molecule has 0 saturated carbocycles. The minimum absolute atomic E-state index is 0.203. The number of ether oxygens (including phenoxy) is 3. The molecule has 4 rings (SSSR count). The lowest BCUT2D eigenvalue weighted by Crippen LogP contribution is -2.10. The lowest BCUT2D eigenvalue weighted by atomic mass is 10.1. The van der Waals surface area contributed by atoms with Crippen LogP contribution in [0.25, 0.3) is 16.6 Å². The Hall–Kier alpha value is -3.77. The zero-order valence-electron chi connectivity index (χ0n) is 18.4. The van der Waals surface area contributed by atoms with Crippen LogP contribution in [0.2, 0.25) is 5.02 Å². The quantitative estimate of drug-likeness (QED) is 0.259. The van der Waals surface area contributed by atoms with Crippen LogP contribution < -0.4 is 9.47 Å². The van der Waals surface area contributed by atoms with Gasteiger partial charge in [-0.25, -0.2) is 9.59 Å². The first kappa shape index (κ1) is 22.4. The van der Waals surface area contributed by atoms with Gasteiger partial charge in [-0.1, -0.05) is 29.8 Å². The van der Waals surface area contributed by atoms with E-state index in [0.29, 0.717) is 21.7 Å². The van der Waals surface area contributed by atoms with Crippen LogP contribution in [0.4, 0.5) is 0 Å². The van der Waals surface area contributed by atoms with Gasteiger partial charge in [0.1, 0.15) is 17.1 Å². The predicted molar refractivity (Wildman–Crippen MR) is 127 cm³/mol. The average molecular weight is 464 g/mol. The van der Waals surface area contributed by atoms with Gasteiger partial charge in [-0.15, -0.1) is 0 Å². The van der Waals surface area contributed by atoms with E-state index < -0.39 is 11.9 Å². The third-order valence-electron chi connectivity index (χ3n) is 5.26. The van der Waals surface area contributed by atoms with E-state index in [1.807, 2.05) is 47.9 Å². The number of methoxy groups -OCH3 is 1. The van der Waals surface area contributed by atoms with Crippen molar-refractivity contribution in [1.29, 1.82) is 0 Å². The number of benzene rings is 3. The highest BCUT2D eigenvalue weighted by molar-refractivity contribution is 6.31. The van der Waals surface area contributed by atoms with Crippen LogP contribution in [0.3, 0.4) is 0 Å². The minimum Gasteiger partial charge on any atom is -0.496 e. The molecule has 0 amide bonds. The van der Waals surface area contributed by atoms with Crippen LogP contribution in [0.15, 0.2) is 66.7 Å². The molecule has 0 N–H and O–H groups in total. The van der Waals surface area contributed by atoms with Gasteiger partial charge in [-0.2, -0.15) is 0 Å². The molecule has 0 fully saturated rings. The van der Waals surface area contributed by atoms with Crippen LogP contribution in [-0.2, 0) is 4.74 Å². The lowest BCUT2D eigenvalue weighted by Gasteiger charge is -2.10. The van der Waals surface area contributed by atoms with Crippen molar-refractivity contribution in [3.63, 3.8) is 0 Å². The number of nitrogens with zero attached hydrogens (tertiary/aromatic N) is 1. The van der Waals surface area contributed by atoms with Crippen LogP contribution in [0.5, 0.6) is 11.5 Å². The Kier molecular flexibility index (Phi) is 6.38. The van der Waals surface area contributed by atoms with E-state index in [2.05, 4.69) is 0 Å². The first-order chi connectivity index (χ1) is 15.9. The molecule has 0 spiro atoms.